The first-order chi connectivity index (χ1) is 9.99. The highest BCUT2D eigenvalue weighted by atomic mass is 15.5. The number of tetrazole rings is 1. The molecule has 1 unspecified atom stereocenters. The van der Waals surface area contributed by atoms with Gasteiger partial charge in [0.2, 0.25) is 0 Å². The molecule has 21 heavy (non-hydrogen) atoms. The van der Waals surface area contributed by atoms with Crippen molar-refractivity contribution >= 4 is 11.4 Å². The molecule has 6 heteroatoms. The van der Waals surface area contributed by atoms with Crippen LogP contribution >= 0.6 is 0 Å². The van der Waals surface area contributed by atoms with E-state index in [4.69, 9.17) is 11.5 Å². The number of rotatable bonds is 6. The van der Waals surface area contributed by atoms with Gasteiger partial charge in [-0.2, -0.15) is 0 Å². The molecule has 1 heterocycles. The fraction of sp³-hybridized carbons (Fsp3) is 0.533. The average molecular weight is 288 g/mol. The fourth-order valence-corrected chi connectivity index (χ4v) is 2.40. The van der Waals surface area contributed by atoms with Crippen molar-refractivity contribution in [3.63, 3.8) is 0 Å². The van der Waals surface area contributed by atoms with Gasteiger partial charge in [-0.25, -0.2) is 4.68 Å². The van der Waals surface area contributed by atoms with E-state index in [0.717, 1.165) is 24.3 Å². The topological polar surface area (TPSA) is 95.6 Å². The van der Waals surface area contributed by atoms with E-state index in [1.807, 2.05) is 16.8 Å². The molecule has 1 aromatic heterocycles. The van der Waals surface area contributed by atoms with Crippen LogP contribution in [0.2, 0.25) is 0 Å². The maximum Gasteiger partial charge on any atom is 0.184 e. The van der Waals surface area contributed by atoms with Crippen LogP contribution in [0.1, 0.15) is 46.1 Å². The standard InChI is InChI=1S/C15H24N6/c1-10(2)5-4-6-11(3)21-15(18-19-20-21)13-8-7-12(16)9-14(13)17/h7-11H,4-6,16-17H2,1-3H3. The van der Waals surface area contributed by atoms with E-state index < -0.39 is 0 Å². The van der Waals surface area contributed by atoms with E-state index in [0.29, 0.717) is 17.2 Å². The number of aromatic nitrogens is 4. The molecule has 0 aliphatic heterocycles. The molecule has 2 rings (SSSR count). The third-order valence-corrected chi connectivity index (χ3v) is 3.63. The Kier molecular flexibility index (Phi) is 4.77. The molecule has 114 valence electrons. The zero-order chi connectivity index (χ0) is 15.4. The summed E-state index contributed by atoms with van der Waals surface area (Å²) in [7, 11) is 0. The van der Waals surface area contributed by atoms with E-state index in [-0.39, 0.29) is 6.04 Å². The maximum absolute atomic E-state index is 6.03. The zero-order valence-electron chi connectivity index (χ0n) is 13.0. The number of nitrogens with two attached hydrogens (primary N) is 2. The number of anilines is 2. The van der Waals surface area contributed by atoms with Crippen molar-refractivity contribution in [2.24, 2.45) is 5.92 Å². The average Bonchev–Trinajstić information content (AvgIpc) is 2.87. The normalized spacial score (nSPS) is 12.8. The minimum atomic E-state index is 0.241. The van der Waals surface area contributed by atoms with Crippen molar-refractivity contribution in [2.45, 2.75) is 46.1 Å². The van der Waals surface area contributed by atoms with Crippen LogP contribution in [0.3, 0.4) is 0 Å². The van der Waals surface area contributed by atoms with Gasteiger partial charge in [0, 0.05) is 16.9 Å². The Morgan fingerprint density at radius 2 is 1.90 bits per heavy atom. The molecule has 1 aromatic carbocycles. The minimum absolute atomic E-state index is 0.241. The predicted octanol–water partition coefficient (Wildman–Crippen LogP) is 2.89. The summed E-state index contributed by atoms with van der Waals surface area (Å²) in [4.78, 5) is 0. The molecular weight excluding hydrogens is 264 g/mol. The minimum Gasteiger partial charge on any atom is -0.399 e. The smallest absolute Gasteiger partial charge is 0.184 e. The second-order valence-electron chi connectivity index (χ2n) is 5.97. The van der Waals surface area contributed by atoms with Crippen LogP contribution in [-0.2, 0) is 0 Å². The Hall–Kier alpha value is -2.11. The van der Waals surface area contributed by atoms with Gasteiger partial charge >= 0.3 is 0 Å². The van der Waals surface area contributed by atoms with Crippen LogP contribution in [0.5, 0.6) is 0 Å². The van der Waals surface area contributed by atoms with Gasteiger partial charge in [-0.05, 0) is 47.9 Å². The van der Waals surface area contributed by atoms with Gasteiger partial charge in [-0.3, -0.25) is 0 Å². The van der Waals surface area contributed by atoms with Crippen LogP contribution in [0.25, 0.3) is 11.4 Å². The summed E-state index contributed by atoms with van der Waals surface area (Å²) in [5.41, 5.74) is 13.8. The van der Waals surface area contributed by atoms with E-state index in [2.05, 4.69) is 36.3 Å². The molecule has 0 amide bonds. The fourth-order valence-electron chi connectivity index (χ4n) is 2.40. The largest absolute Gasteiger partial charge is 0.399 e. The number of benzene rings is 1. The molecular formula is C15H24N6. The summed E-state index contributed by atoms with van der Waals surface area (Å²) in [6, 6.07) is 5.66. The third kappa shape index (κ3) is 3.71. The molecule has 0 saturated heterocycles. The summed E-state index contributed by atoms with van der Waals surface area (Å²) >= 11 is 0. The van der Waals surface area contributed by atoms with Gasteiger partial charge in [-0.1, -0.05) is 26.7 Å². The van der Waals surface area contributed by atoms with E-state index in [9.17, 15) is 0 Å². The third-order valence-electron chi connectivity index (χ3n) is 3.63. The van der Waals surface area contributed by atoms with Gasteiger partial charge in [0.25, 0.3) is 0 Å². The van der Waals surface area contributed by atoms with E-state index >= 15 is 0 Å². The molecule has 0 bridgehead atoms. The Bertz CT molecular complexity index is 590. The molecule has 2 aromatic rings. The number of nitrogens with zero attached hydrogens (tertiary/aromatic N) is 4. The number of nitrogen functional groups attached to an aromatic ring is 2. The quantitative estimate of drug-likeness (QED) is 0.797. The monoisotopic (exact) mass is 288 g/mol. The maximum atomic E-state index is 6.03. The number of hydrogen-bond donors (Lipinski definition) is 2. The lowest BCUT2D eigenvalue weighted by atomic mass is 10.0. The van der Waals surface area contributed by atoms with Crippen LogP contribution in [0, 0.1) is 5.92 Å². The number of hydrogen-bond acceptors (Lipinski definition) is 5. The second kappa shape index (κ2) is 6.56. The van der Waals surface area contributed by atoms with E-state index in [1.54, 1.807) is 6.07 Å². The second-order valence-corrected chi connectivity index (χ2v) is 5.97. The van der Waals surface area contributed by atoms with Crippen LogP contribution in [0.4, 0.5) is 11.4 Å². The summed E-state index contributed by atoms with van der Waals surface area (Å²) in [5, 5.41) is 12.0. The van der Waals surface area contributed by atoms with Crippen molar-refractivity contribution < 1.29 is 0 Å². The summed E-state index contributed by atoms with van der Waals surface area (Å²) in [6.45, 7) is 6.61. The SMILES string of the molecule is CC(C)CCCC(C)n1nnnc1-c1ccc(N)cc1N. The van der Waals surface area contributed by atoms with E-state index in [1.165, 1.54) is 6.42 Å². The van der Waals surface area contributed by atoms with Gasteiger partial charge in [0.1, 0.15) is 0 Å². The molecule has 0 fully saturated rings. The first-order valence-electron chi connectivity index (χ1n) is 7.42. The lowest BCUT2D eigenvalue weighted by molar-refractivity contribution is 0.414. The summed E-state index contributed by atoms with van der Waals surface area (Å²) in [5.74, 6) is 1.42. The van der Waals surface area contributed by atoms with Crippen LogP contribution < -0.4 is 11.5 Å². The van der Waals surface area contributed by atoms with Crippen LogP contribution in [-0.4, -0.2) is 20.2 Å². The van der Waals surface area contributed by atoms with Gasteiger partial charge in [0.15, 0.2) is 5.82 Å². The highest BCUT2D eigenvalue weighted by Gasteiger charge is 2.16. The van der Waals surface area contributed by atoms with Gasteiger partial charge in [0.05, 0.1) is 6.04 Å². The lowest BCUT2D eigenvalue weighted by Crippen LogP contribution is -2.10. The first-order valence-corrected chi connectivity index (χ1v) is 7.42. The summed E-state index contributed by atoms with van der Waals surface area (Å²) < 4.78 is 1.85. The zero-order valence-corrected chi connectivity index (χ0v) is 13.0. The molecule has 1 atom stereocenters. The van der Waals surface area contributed by atoms with Crippen molar-refractivity contribution in [2.75, 3.05) is 11.5 Å². The van der Waals surface area contributed by atoms with Crippen molar-refractivity contribution in [1.29, 1.82) is 0 Å². The summed E-state index contributed by atoms with van der Waals surface area (Å²) in [6.07, 6.45) is 3.42. The highest BCUT2D eigenvalue weighted by Crippen LogP contribution is 2.28. The Labute approximate surface area is 125 Å². The molecule has 4 N–H and O–H groups in total. The molecule has 0 radical (unpaired) electrons. The molecule has 0 aliphatic rings. The van der Waals surface area contributed by atoms with Crippen LogP contribution in [0.15, 0.2) is 18.2 Å². The lowest BCUT2D eigenvalue weighted by Gasteiger charge is -2.15. The molecule has 0 spiro atoms. The van der Waals surface area contributed by atoms with Gasteiger partial charge in [-0.15, -0.1) is 5.10 Å². The van der Waals surface area contributed by atoms with Gasteiger partial charge < -0.3 is 11.5 Å². The van der Waals surface area contributed by atoms with Crippen molar-refractivity contribution in [1.82, 2.24) is 20.2 Å². The highest BCUT2D eigenvalue weighted by molar-refractivity contribution is 5.74. The Balaban J connectivity index is 2.18. The Morgan fingerprint density at radius 1 is 1.14 bits per heavy atom. The van der Waals surface area contributed by atoms with Crippen molar-refractivity contribution in [3.05, 3.63) is 18.2 Å². The predicted molar refractivity (Wildman–Crippen MR) is 85.5 cm³/mol. The molecule has 0 aliphatic carbocycles. The molecule has 0 saturated carbocycles. The molecule has 6 nitrogen and oxygen atoms in total. The first kappa shape index (κ1) is 15.3. The van der Waals surface area contributed by atoms with Crippen molar-refractivity contribution in [3.8, 4) is 11.4 Å². The Morgan fingerprint density at radius 3 is 2.57 bits per heavy atom.